The molecule has 9 nitrogen and oxygen atoms in total. The van der Waals surface area contributed by atoms with Crippen molar-refractivity contribution in [3.05, 3.63) is 23.4 Å². The Bertz CT molecular complexity index is 566. The average molecular weight is 311 g/mol. The van der Waals surface area contributed by atoms with Gasteiger partial charge in [-0.05, 0) is 6.92 Å². The number of likely N-dealkylation sites (N-methyl/N-ethyl adjacent to an activating group) is 1. The summed E-state index contributed by atoms with van der Waals surface area (Å²) in [6.45, 7) is 4.62. The third-order valence-corrected chi connectivity index (χ3v) is 2.82. The second-order valence-electron chi connectivity index (χ2n) is 4.13. The molecule has 0 saturated carbocycles. The highest BCUT2D eigenvalue weighted by Gasteiger charge is 2.38. The van der Waals surface area contributed by atoms with Gasteiger partial charge in [-0.1, -0.05) is 0 Å². The van der Waals surface area contributed by atoms with Gasteiger partial charge >= 0.3 is 11.9 Å². The number of esters is 1. The highest BCUT2D eigenvalue weighted by atomic mass is 16.5. The number of hydrogen-bond acceptors (Lipinski definition) is 8. The zero-order valence-electron chi connectivity index (χ0n) is 12.5. The summed E-state index contributed by atoms with van der Waals surface area (Å²) in [6.07, 6.45) is 1.18. The number of hydrazine groups is 1. The molecule has 2 aliphatic rings. The zero-order chi connectivity index (χ0) is 16.9. The molecule has 0 unspecified atom stereocenters. The summed E-state index contributed by atoms with van der Waals surface area (Å²) in [4.78, 5) is 35.1. The average Bonchev–Trinajstić information content (AvgIpc) is 2.84. The van der Waals surface area contributed by atoms with Crippen molar-refractivity contribution in [2.45, 2.75) is 6.92 Å². The van der Waals surface area contributed by atoms with Crippen molar-refractivity contribution < 1.29 is 29.0 Å². The van der Waals surface area contributed by atoms with Gasteiger partial charge in [-0.3, -0.25) is 0 Å². The van der Waals surface area contributed by atoms with Crippen molar-refractivity contribution in [1.82, 2.24) is 10.0 Å². The predicted octanol–water partition coefficient (Wildman–Crippen LogP) is -0.234. The van der Waals surface area contributed by atoms with Crippen LogP contribution in [0.1, 0.15) is 6.92 Å². The zero-order valence-corrected chi connectivity index (χ0v) is 12.5. The van der Waals surface area contributed by atoms with Crippen molar-refractivity contribution in [2.75, 3.05) is 27.3 Å². The smallest absolute Gasteiger partial charge is 0.356 e. The van der Waals surface area contributed by atoms with Gasteiger partial charge in [-0.2, -0.15) is 0 Å². The van der Waals surface area contributed by atoms with Gasteiger partial charge in [0.2, 0.25) is 0 Å². The van der Waals surface area contributed by atoms with Gasteiger partial charge in [0.05, 0.1) is 20.3 Å². The lowest BCUT2D eigenvalue weighted by Crippen LogP contribution is -2.39. The van der Waals surface area contributed by atoms with Gasteiger partial charge in [-0.15, -0.1) is 0 Å². The van der Waals surface area contributed by atoms with E-state index < -0.39 is 11.9 Å². The van der Waals surface area contributed by atoms with Crippen LogP contribution in [0.2, 0.25) is 0 Å². The molecule has 2 aliphatic heterocycles. The number of carbonyl (C=O) groups is 3. The molecule has 0 aliphatic carbocycles. The summed E-state index contributed by atoms with van der Waals surface area (Å²) in [5.74, 6) is -1.04. The van der Waals surface area contributed by atoms with E-state index in [0.717, 1.165) is 0 Å². The molecule has 1 N–H and O–H groups in total. The van der Waals surface area contributed by atoms with E-state index >= 15 is 0 Å². The van der Waals surface area contributed by atoms with E-state index in [9.17, 15) is 14.7 Å². The Morgan fingerprint density at radius 1 is 1.45 bits per heavy atom. The van der Waals surface area contributed by atoms with Crippen molar-refractivity contribution in [1.29, 1.82) is 0 Å². The number of methoxy groups -OCH3 is 1. The molecule has 9 heteroatoms. The van der Waals surface area contributed by atoms with Crippen molar-refractivity contribution >= 4 is 24.4 Å². The third kappa shape index (κ3) is 3.14. The Balaban J connectivity index is 0.00000116. The first-order valence-electron chi connectivity index (χ1n) is 6.27. The molecule has 0 bridgehead atoms. The Kier molecular flexibility index (Phi) is 5.81. The number of aliphatic carboxylic acids is 1. The van der Waals surface area contributed by atoms with E-state index in [-0.39, 0.29) is 11.4 Å². The summed E-state index contributed by atoms with van der Waals surface area (Å²) in [6, 6.07) is 0. The van der Waals surface area contributed by atoms with Crippen LogP contribution in [0, 0.1) is 0 Å². The molecule has 0 aromatic rings. The lowest BCUT2D eigenvalue weighted by molar-refractivity contribution is -0.136. The van der Waals surface area contributed by atoms with Gasteiger partial charge in [-0.25, -0.2) is 24.6 Å². The number of rotatable bonds is 4. The second-order valence-corrected chi connectivity index (χ2v) is 4.13. The SMILES string of the molecule is C=O.CCOC1=C2N=C(C(=O)OC)C=C(C(=O)O)N2N(C)C1. The van der Waals surface area contributed by atoms with Crippen LogP contribution in [-0.4, -0.2) is 66.9 Å². The molecule has 120 valence electrons. The van der Waals surface area contributed by atoms with Gasteiger partial charge < -0.3 is 19.4 Å². The standard InChI is InChI=1S/C12H15N3O5.CH2O/c1-4-20-9-6-14(2)15-8(11(16)17)5-7(12(18)19-3)13-10(9)15;1-2/h5H,4,6H2,1-3H3,(H,16,17);1H2. The summed E-state index contributed by atoms with van der Waals surface area (Å²) >= 11 is 0. The normalized spacial score (nSPS) is 17.0. The molecule has 2 rings (SSSR count). The number of aliphatic imine (C=N–C) groups is 1. The minimum atomic E-state index is -1.16. The van der Waals surface area contributed by atoms with Crippen molar-refractivity contribution in [2.24, 2.45) is 4.99 Å². The van der Waals surface area contributed by atoms with Crippen molar-refractivity contribution in [3.8, 4) is 0 Å². The second kappa shape index (κ2) is 7.36. The first kappa shape index (κ1) is 17.4. The van der Waals surface area contributed by atoms with Crippen LogP contribution >= 0.6 is 0 Å². The molecule has 0 radical (unpaired) electrons. The lowest BCUT2D eigenvalue weighted by atomic mass is 10.2. The highest BCUT2D eigenvalue weighted by molar-refractivity contribution is 6.42. The number of hydrogen-bond donors (Lipinski definition) is 1. The number of carboxylic acids is 1. The Morgan fingerprint density at radius 3 is 2.59 bits per heavy atom. The molecule has 0 amide bonds. The van der Waals surface area contributed by atoms with Crippen LogP contribution in [0.25, 0.3) is 0 Å². The van der Waals surface area contributed by atoms with E-state index in [1.165, 1.54) is 18.2 Å². The first-order chi connectivity index (χ1) is 10.5. The number of nitrogens with zero attached hydrogens (tertiary/aromatic N) is 3. The molecule has 0 aromatic heterocycles. The van der Waals surface area contributed by atoms with Crippen LogP contribution < -0.4 is 0 Å². The summed E-state index contributed by atoms with van der Waals surface area (Å²) in [7, 11) is 2.92. The largest absolute Gasteiger partial charge is 0.493 e. The Labute approximate surface area is 127 Å². The number of carboxylic acid groups (broad SMARTS) is 1. The van der Waals surface area contributed by atoms with Crippen LogP contribution in [0.15, 0.2) is 28.3 Å². The number of fused-ring (bicyclic) bond motifs is 1. The molecule has 0 spiro atoms. The quantitative estimate of drug-likeness (QED) is 0.709. The maximum absolute atomic E-state index is 11.6. The van der Waals surface area contributed by atoms with Crippen LogP contribution in [0.5, 0.6) is 0 Å². The topological polar surface area (TPSA) is 109 Å². The molecule has 0 fully saturated rings. The van der Waals surface area contributed by atoms with Gasteiger partial charge in [0, 0.05) is 13.1 Å². The fourth-order valence-electron chi connectivity index (χ4n) is 2.02. The minimum Gasteiger partial charge on any atom is -0.493 e. The fourth-order valence-corrected chi connectivity index (χ4v) is 2.02. The third-order valence-electron chi connectivity index (χ3n) is 2.82. The number of carbonyl (C=O) groups excluding carboxylic acids is 2. The van der Waals surface area contributed by atoms with E-state index in [2.05, 4.69) is 9.73 Å². The van der Waals surface area contributed by atoms with Crippen LogP contribution in [-0.2, 0) is 23.9 Å². The van der Waals surface area contributed by atoms with Gasteiger partial charge in [0.1, 0.15) is 12.5 Å². The summed E-state index contributed by atoms with van der Waals surface area (Å²) in [5.41, 5.74) is -0.142. The van der Waals surface area contributed by atoms with E-state index in [1.807, 2.05) is 13.7 Å². The van der Waals surface area contributed by atoms with E-state index in [4.69, 9.17) is 9.53 Å². The molecular formula is C13H17N3O6. The van der Waals surface area contributed by atoms with E-state index in [1.54, 1.807) is 12.1 Å². The van der Waals surface area contributed by atoms with E-state index in [0.29, 0.717) is 24.7 Å². The summed E-state index contributed by atoms with van der Waals surface area (Å²) in [5, 5.41) is 12.3. The highest BCUT2D eigenvalue weighted by Crippen LogP contribution is 2.31. The lowest BCUT2D eigenvalue weighted by Gasteiger charge is -2.29. The molecule has 22 heavy (non-hydrogen) atoms. The summed E-state index contributed by atoms with van der Waals surface area (Å²) < 4.78 is 10.0. The first-order valence-corrected chi connectivity index (χ1v) is 6.27. The Morgan fingerprint density at radius 2 is 2.09 bits per heavy atom. The Hall–Kier alpha value is -2.68. The molecular weight excluding hydrogens is 294 g/mol. The predicted molar refractivity (Wildman–Crippen MR) is 75.4 cm³/mol. The maximum atomic E-state index is 11.6. The molecule has 0 aromatic carbocycles. The molecule has 0 atom stereocenters. The van der Waals surface area contributed by atoms with Crippen molar-refractivity contribution in [3.63, 3.8) is 0 Å². The van der Waals surface area contributed by atoms with Crippen LogP contribution in [0.4, 0.5) is 0 Å². The van der Waals surface area contributed by atoms with Crippen LogP contribution in [0.3, 0.4) is 0 Å². The fraction of sp³-hybridized carbons (Fsp3) is 0.385. The van der Waals surface area contributed by atoms with Gasteiger partial charge in [0.25, 0.3) is 0 Å². The maximum Gasteiger partial charge on any atom is 0.356 e. The molecule has 0 saturated heterocycles. The molecule has 2 heterocycles. The monoisotopic (exact) mass is 311 g/mol. The minimum absolute atomic E-state index is 0.0661. The van der Waals surface area contributed by atoms with Gasteiger partial charge in [0.15, 0.2) is 17.3 Å². The number of ether oxygens (including phenoxy) is 2.